The maximum absolute atomic E-state index is 12.5. The minimum atomic E-state index is -3.51. The van der Waals surface area contributed by atoms with Crippen LogP contribution in [-0.4, -0.2) is 49.2 Å². The number of ether oxygens (including phenoxy) is 1. The van der Waals surface area contributed by atoms with Crippen molar-refractivity contribution in [1.82, 2.24) is 9.88 Å². The molecular formula is C21H21ClN2O4S2. The van der Waals surface area contributed by atoms with Gasteiger partial charge in [0.25, 0.3) is 5.19 Å². The molecule has 3 aromatic rings. The third kappa shape index (κ3) is 4.94. The summed E-state index contributed by atoms with van der Waals surface area (Å²) in [4.78, 5) is 18.9. The van der Waals surface area contributed by atoms with Crippen molar-refractivity contribution < 1.29 is 17.9 Å². The number of nitrogens with zero attached hydrogens (tertiary/aromatic N) is 2. The van der Waals surface area contributed by atoms with Gasteiger partial charge >= 0.3 is 0 Å². The summed E-state index contributed by atoms with van der Waals surface area (Å²) in [6.07, 6.45) is 1.37. The summed E-state index contributed by atoms with van der Waals surface area (Å²) < 4.78 is 31.9. The number of likely N-dealkylation sites (tertiary alicyclic amines) is 1. The number of carbonyl (C=O) groups excluding carboxylic acids is 1. The molecule has 6 nitrogen and oxygen atoms in total. The number of para-hydroxylation sites is 1. The predicted octanol–water partition coefficient (Wildman–Crippen LogP) is 4.18. The van der Waals surface area contributed by atoms with E-state index in [9.17, 15) is 13.2 Å². The van der Waals surface area contributed by atoms with Crippen molar-refractivity contribution in [2.45, 2.75) is 30.3 Å². The standard InChI is InChI=1S/C21H21ClN2O4S2/c22-15-5-7-17(8-6-15)30(26,27)14-11-20(25)24-12-9-16(10-13-24)28-21-23-18-3-1-2-4-19(18)29-21/h1-8,16H,9-14H2. The third-order valence-corrected chi connectivity index (χ3v) is 8.01. The fourth-order valence-electron chi connectivity index (χ4n) is 3.41. The van der Waals surface area contributed by atoms with Crippen LogP contribution in [0.1, 0.15) is 19.3 Å². The lowest BCUT2D eigenvalue weighted by Crippen LogP contribution is -2.42. The molecule has 2 aromatic carbocycles. The number of rotatable bonds is 6. The minimum Gasteiger partial charge on any atom is -0.467 e. The monoisotopic (exact) mass is 464 g/mol. The number of benzene rings is 2. The summed E-state index contributed by atoms with van der Waals surface area (Å²) in [5.41, 5.74) is 0.923. The van der Waals surface area contributed by atoms with E-state index in [4.69, 9.17) is 16.3 Å². The average Bonchev–Trinajstić information content (AvgIpc) is 3.15. The molecule has 0 radical (unpaired) electrons. The van der Waals surface area contributed by atoms with E-state index in [0.29, 0.717) is 36.1 Å². The number of halogens is 1. The van der Waals surface area contributed by atoms with Crippen molar-refractivity contribution in [3.8, 4) is 5.19 Å². The number of hydrogen-bond donors (Lipinski definition) is 0. The summed E-state index contributed by atoms with van der Waals surface area (Å²) in [6.45, 7) is 1.10. The second kappa shape index (κ2) is 8.91. The normalized spacial score (nSPS) is 15.4. The molecule has 1 fully saturated rings. The lowest BCUT2D eigenvalue weighted by Gasteiger charge is -2.31. The molecule has 0 unspecified atom stereocenters. The van der Waals surface area contributed by atoms with Crippen molar-refractivity contribution in [3.05, 3.63) is 53.6 Å². The molecule has 1 saturated heterocycles. The molecule has 30 heavy (non-hydrogen) atoms. The molecule has 2 heterocycles. The van der Waals surface area contributed by atoms with Crippen LogP contribution in [0.2, 0.25) is 5.02 Å². The minimum absolute atomic E-state index is 0.00686. The number of fused-ring (bicyclic) bond motifs is 1. The van der Waals surface area contributed by atoms with E-state index in [0.717, 1.165) is 10.2 Å². The van der Waals surface area contributed by atoms with Crippen LogP contribution in [0.4, 0.5) is 0 Å². The van der Waals surface area contributed by atoms with Crippen molar-refractivity contribution in [2.75, 3.05) is 18.8 Å². The summed E-state index contributed by atoms with van der Waals surface area (Å²) in [5.74, 6) is -0.360. The van der Waals surface area contributed by atoms with Gasteiger partial charge in [0.1, 0.15) is 6.10 Å². The van der Waals surface area contributed by atoms with Gasteiger partial charge in [0, 0.05) is 37.4 Å². The maximum atomic E-state index is 12.5. The van der Waals surface area contributed by atoms with Crippen LogP contribution in [0.15, 0.2) is 53.4 Å². The first kappa shape index (κ1) is 21.1. The Balaban J connectivity index is 1.27. The fourth-order valence-corrected chi connectivity index (χ4v) is 5.64. The number of aromatic nitrogens is 1. The first-order chi connectivity index (χ1) is 14.4. The molecule has 0 spiro atoms. The Labute approximate surface area is 184 Å². The van der Waals surface area contributed by atoms with E-state index < -0.39 is 9.84 Å². The van der Waals surface area contributed by atoms with Crippen molar-refractivity contribution in [3.63, 3.8) is 0 Å². The summed E-state index contributed by atoms with van der Waals surface area (Å²) in [7, 11) is -3.51. The van der Waals surface area contributed by atoms with Crippen molar-refractivity contribution in [1.29, 1.82) is 0 Å². The third-order valence-electron chi connectivity index (χ3n) is 5.09. The molecule has 4 rings (SSSR count). The predicted molar refractivity (Wildman–Crippen MR) is 118 cm³/mol. The van der Waals surface area contributed by atoms with E-state index in [2.05, 4.69) is 4.98 Å². The van der Waals surface area contributed by atoms with Crippen LogP contribution >= 0.6 is 22.9 Å². The second-order valence-corrected chi connectivity index (χ2v) is 10.7. The van der Waals surface area contributed by atoms with E-state index in [1.54, 1.807) is 4.90 Å². The molecule has 0 atom stereocenters. The Bertz CT molecular complexity index is 1100. The topological polar surface area (TPSA) is 76.6 Å². The molecule has 9 heteroatoms. The molecule has 0 saturated carbocycles. The molecule has 1 aliphatic heterocycles. The summed E-state index contributed by atoms with van der Waals surface area (Å²) in [5, 5.41) is 1.12. The smallest absolute Gasteiger partial charge is 0.274 e. The Morgan fingerprint density at radius 1 is 1.13 bits per heavy atom. The molecule has 158 valence electrons. The van der Waals surface area contributed by atoms with E-state index in [1.165, 1.54) is 35.6 Å². The molecule has 0 N–H and O–H groups in total. The lowest BCUT2D eigenvalue weighted by atomic mass is 10.1. The fraction of sp³-hybridized carbons (Fsp3) is 0.333. The number of carbonyl (C=O) groups is 1. The van der Waals surface area contributed by atoms with E-state index in [1.807, 2.05) is 24.3 Å². The van der Waals surface area contributed by atoms with Gasteiger partial charge < -0.3 is 9.64 Å². The molecule has 1 aliphatic rings. The Morgan fingerprint density at radius 2 is 1.83 bits per heavy atom. The zero-order valence-electron chi connectivity index (χ0n) is 16.2. The van der Waals surface area contributed by atoms with Crippen LogP contribution in [0.25, 0.3) is 10.2 Å². The number of amides is 1. The SMILES string of the molecule is O=C(CCS(=O)(=O)c1ccc(Cl)cc1)N1CCC(Oc2nc3ccccc3s2)CC1. The number of piperidine rings is 1. The van der Waals surface area contributed by atoms with Gasteiger partial charge in [-0.05, 0) is 36.4 Å². The Kier molecular flexibility index (Phi) is 6.26. The molecule has 1 aromatic heterocycles. The first-order valence-electron chi connectivity index (χ1n) is 9.69. The summed E-state index contributed by atoms with van der Waals surface area (Å²) >= 11 is 7.32. The van der Waals surface area contributed by atoms with Gasteiger partial charge in [0.15, 0.2) is 9.84 Å². The van der Waals surface area contributed by atoms with Gasteiger partial charge in [0.2, 0.25) is 5.91 Å². The van der Waals surface area contributed by atoms with E-state index in [-0.39, 0.29) is 29.1 Å². The number of sulfone groups is 1. The largest absolute Gasteiger partial charge is 0.467 e. The lowest BCUT2D eigenvalue weighted by molar-refractivity contribution is -0.132. The van der Waals surface area contributed by atoms with Gasteiger partial charge in [-0.15, -0.1) is 0 Å². The highest BCUT2D eigenvalue weighted by atomic mass is 35.5. The van der Waals surface area contributed by atoms with Gasteiger partial charge in [-0.3, -0.25) is 4.79 Å². The highest BCUT2D eigenvalue weighted by Gasteiger charge is 2.26. The zero-order chi connectivity index (χ0) is 21.1. The quantitative estimate of drug-likeness (QED) is 0.546. The van der Waals surface area contributed by atoms with Crippen LogP contribution in [0.3, 0.4) is 0 Å². The van der Waals surface area contributed by atoms with Crippen molar-refractivity contribution >= 4 is 48.9 Å². The first-order valence-corrected chi connectivity index (χ1v) is 12.5. The second-order valence-electron chi connectivity index (χ2n) is 7.17. The van der Waals surface area contributed by atoms with Crippen LogP contribution in [0, 0.1) is 0 Å². The zero-order valence-corrected chi connectivity index (χ0v) is 18.5. The van der Waals surface area contributed by atoms with E-state index >= 15 is 0 Å². The number of thiazole rings is 1. The van der Waals surface area contributed by atoms with Crippen molar-refractivity contribution in [2.24, 2.45) is 0 Å². The highest BCUT2D eigenvalue weighted by Crippen LogP contribution is 2.29. The van der Waals surface area contributed by atoms with Gasteiger partial charge in [-0.2, -0.15) is 0 Å². The van der Waals surface area contributed by atoms with Crippen LogP contribution < -0.4 is 4.74 Å². The number of hydrogen-bond acceptors (Lipinski definition) is 6. The van der Waals surface area contributed by atoms with Gasteiger partial charge in [-0.25, -0.2) is 13.4 Å². The van der Waals surface area contributed by atoms with Crippen LogP contribution in [0.5, 0.6) is 5.19 Å². The molecular weight excluding hydrogens is 444 g/mol. The van der Waals surface area contributed by atoms with Crippen LogP contribution in [-0.2, 0) is 14.6 Å². The maximum Gasteiger partial charge on any atom is 0.274 e. The highest BCUT2D eigenvalue weighted by molar-refractivity contribution is 7.91. The molecule has 0 aliphatic carbocycles. The Morgan fingerprint density at radius 3 is 2.53 bits per heavy atom. The average molecular weight is 465 g/mol. The Hall–Kier alpha value is -2.16. The van der Waals surface area contributed by atoms with Gasteiger partial charge in [-0.1, -0.05) is 35.1 Å². The molecule has 1 amide bonds. The molecule has 0 bridgehead atoms. The summed E-state index contributed by atoms with van der Waals surface area (Å²) in [6, 6.07) is 13.9. The van der Waals surface area contributed by atoms with Gasteiger partial charge in [0.05, 0.1) is 20.9 Å².